The van der Waals surface area contributed by atoms with E-state index in [1.165, 1.54) is 12.1 Å². The molecular weight excluding hydrogens is 356 g/mol. The van der Waals surface area contributed by atoms with Gasteiger partial charge in [-0.1, -0.05) is 18.2 Å². The Morgan fingerprint density at radius 2 is 1.86 bits per heavy atom. The highest BCUT2D eigenvalue weighted by molar-refractivity contribution is 5.94. The first-order valence-electron chi connectivity index (χ1n) is 9.15. The predicted octanol–water partition coefficient (Wildman–Crippen LogP) is 3.14. The summed E-state index contributed by atoms with van der Waals surface area (Å²) in [6.07, 6.45) is 0. The highest BCUT2D eigenvalue weighted by Gasteiger charge is 2.10. The van der Waals surface area contributed by atoms with E-state index in [1.807, 2.05) is 38.1 Å². The summed E-state index contributed by atoms with van der Waals surface area (Å²) in [4.78, 5) is 16.4. The van der Waals surface area contributed by atoms with Gasteiger partial charge < -0.3 is 25.5 Å². The number of fused-ring (bicyclic) bond motifs is 1. The largest absolute Gasteiger partial charge is 0.508 e. The number of carbonyl (C=O) groups excluding carboxylic acids is 1. The number of hydrogen-bond acceptors (Lipinski definition) is 4. The first-order chi connectivity index (χ1) is 13.6. The standard InChI is InChI=1S/C21H24N4O3/c1-3-22-21(24-13-20(27)25-15-8-10-16(26)11-9-15)23-12-19-14(2)17-6-4-5-7-18(17)28-19/h4-11,26H,3,12-13H2,1-2H3,(H,25,27)(H2,22,23,24). The maximum Gasteiger partial charge on any atom is 0.246 e. The van der Waals surface area contributed by atoms with Crippen LogP contribution in [0.15, 0.2) is 57.9 Å². The van der Waals surface area contributed by atoms with Gasteiger partial charge in [0.15, 0.2) is 5.96 Å². The lowest BCUT2D eigenvalue weighted by atomic mass is 10.1. The van der Waals surface area contributed by atoms with Crippen molar-refractivity contribution in [3.8, 4) is 5.75 Å². The molecule has 2 aromatic carbocycles. The Morgan fingerprint density at radius 1 is 1.11 bits per heavy atom. The summed E-state index contributed by atoms with van der Waals surface area (Å²) in [5.41, 5.74) is 2.55. The highest BCUT2D eigenvalue weighted by atomic mass is 16.3. The fourth-order valence-corrected chi connectivity index (χ4v) is 2.80. The van der Waals surface area contributed by atoms with Gasteiger partial charge in [0.05, 0.1) is 6.54 Å². The van der Waals surface area contributed by atoms with Crippen molar-refractivity contribution >= 4 is 28.5 Å². The lowest BCUT2D eigenvalue weighted by molar-refractivity contribution is -0.114. The summed E-state index contributed by atoms with van der Waals surface area (Å²) < 4.78 is 5.90. The Hall–Kier alpha value is -3.48. The second-order valence-corrected chi connectivity index (χ2v) is 6.29. The number of furan rings is 1. The van der Waals surface area contributed by atoms with Crippen molar-refractivity contribution in [3.63, 3.8) is 0 Å². The van der Waals surface area contributed by atoms with Crippen LogP contribution < -0.4 is 16.0 Å². The molecule has 0 aliphatic rings. The van der Waals surface area contributed by atoms with Gasteiger partial charge >= 0.3 is 0 Å². The number of phenolic OH excluding ortho intramolecular Hbond substituents is 1. The van der Waals surface area contributed by atoms with Crippen LogP contribution in [-0.4, -0.2) is 30.1 Å². The first-order valence-corrected chi connectivity index (χ1v) is 9.15. The van der Waals surface area contributed by atoms with E-state index in [9.17, 15) is 9.90 Å². The third-order valence-corrected chi connectivity index (χ3v) is 4.23. The number of aliphatic imine (C=N–C) groups is 1. The molecule has 1 heterocycles. The minimum Gasteiger partial charge on any atom is -0.508 e. The van der Waals surface area contributed by atoms with E-state index < -0.39 is 0 Å². The molecule has 4 N–H and O–H groups in total. The minimum absolute atomic E-state index is 0.0324. The average molecular weight is 380 g/mol. The van der Waals surface area contributed by atoms with E-state index in [0.29, 0.717) is 24.7 Å². The number of rotatable bonds is 6. The quantitative estimate of drug-likeness (QED) is 0.299. The number of guanidine groups is 1. The number of benzene rings is 2. The van der Waals surface area contributed by atoms with Gasteiger partial charge in [-0.15, -0.1) is 0 Å². The highest BCUT2D eigenvalue weighted by Crippen LogP contribution is 2.24. The topological polar surface area (TPSA) is 98.9 Å². The van der Waals surface area contributed by atoms with Crippen molar-refractivity contribution in [1.82, 2.24) is 10.6 Å². The van der Waals surface area contributed by atoms with Crippen LogP contribution in [-0.2, 0) is 11.3 Å². The molecule has 1 amide bonds. The summed E-state index contributed by atoms with van der Waals surface area (Å²) in [5, 5.41) is 19.4. The van der Waals surface area contributed by atoms with Crippen LogP contribution in [0, 0.1) is 6.92 Å². The first kappa shape index (κ1) is 19.3. The summed E-state index contributed by atoms with van der Waals surface area (Å²) in [7, 11) is 0. The van der Waals surface area contributed by atoms with E-state index >= 15 is 0 Å². The second-order valence-electron chi connectivity index (χ2n) is 6.29. The molecule has 0 aliphatic carbocycles. The number of aryl methyl sites for hydroxylation is 1. The van der Waals surface area contributed by atoms with E-state index in [1.54, 1.807) is 12.1 Å². The molecule has 0 aliphatic heterocycles. The molecule has 146 valence electrons. The third-order valence-electron chi connectivity index (χ3n) is 4.23. The molecule has 28 heavy (non-hydrogen) atoms. The Kier molecular flexibility index (Phi) is 6.16. The monoisotopic (exact) mass is 380 g/mol. The maximum absolute atomic E-state index is 12.1. The van der Waals surface area contributed by atoms with Crippen molar-refractivity contribution in [2.45, 2.75) is 20.4 Å². The van der Waals surface area contributed by atoms with Crippen LogP contribution in [0.25, 0.3) is 11.0 Å². The second kappa shape index (κ2) is 8.94. The molecule has 7 heteroatoms. The zero-order valence-electron chi connectivity index (χ0n) is 16.0. The van der Waals surface area contributed by atoms with E-state index in [0.717, 1.165) is 22.3 Å². The summed E-state index contributed by atoms with van der Waals surface area (Å²) in [6, 6.07) is 14.2. The lowest BCUT2D eigenvalue weighted by Gasteiger charge is -2.10. The summed E-state index contributed by atoms with van der Waals surface area (Å²) >= 11 is 0. The Bertz CT molecular complexity index is 977. The summed E-state index contributed by atoms with van der Waals surface area (Å²) in [5.74, 6) is 1.27. The smallest absolute Gasteiger partial charge is 0.246 e. The molecule has 0 unspecified atom stereocenters. The number of para-hydroxylation sites is 1. The normalized spacial score (nSPS) is 11.4. The van der Waals surface area contributed by atoms with E-state index in [2.05, 4.69) is 20.9 Å². The van der Waals surface area contributed by atoms with Crippen LogP contribution >= 0.6 is 0 Å². The molecule has 0 saturated heterocycles. The van der Waals surface area contributed by atoms with Crippen molar-refractivity contribution < 1.29 is 14.3 Å². The maximum atomic E-state index is 12.1. The van der Waals surface area contributed by atoms with E-state index in [-0.39, 0.29) is 18.2 Å². The SMILES string of the molecule is CCNC(=NCC(=O)Nc1ccc(O)cc1)NCc1oc2ccccc2c1C. The van der Waals surface area contributed by atoms with Crippen LogP contribution in [0.1, 0.15) is 18.2 Å². The number of carbonyl (C=O) groups is 1. The van der Waals surface area contributed by atoms with Gasteiger partial charge in [-0.2, -0.15) is 0 Å². The van der Waals surface area contributed by atoms with Gasteiger partial charge in [0.25, 0.3) is 0 Å². The summed E-state index contributed by atoms with van der Waals surface area (Å²) in [6.45, 7) is 5.09. The molecule has 0 spiro atoms. The van der Waals surface area contributed by atoms with Crippen LogP contribution in [0.2, 0.25) is 0 Å². The molecule has 0 bridgehead atoms. The van der Waals surface area contributed by atoms with Crippen LogP contribution in [0.5, 0.6) is 5.75 Å². The van der Waals surface area contributed by atoms with Gasteiger partial charge in [-0.3, -0.25) is 4.79 Å². The van der Waals surface area contributed by atoms with Crippen LogP contribution in [0.3, 0.4) is 0 Å². The average Bonchev–Trinajstić information content (AvgIpc) is 3.02. The zero-order chi connectivity index (χ0) is 19.9. The number of nitrogens with zero attached hydrogens (tertiary/aromatic N) is 1. The molecule has 0 atom stereocenters. The van der Waals surface area contributed by atoms with Gasteiger partial charge in [0, 0.05) is 23.2 Å². The van der Waals surface area contributed by atoms with Gasteiger partial charge in [-0.25, -0.2) is 4.99 Å². The van der Waals surface area contributed by atoms with Crippen molar-refractivity contribution in [1.29, 1.82) is 0 Å². The molecule has 7 nitrogen and oxygen atoms in total. The van der Waals surface area contributed by atoms with Crippen LogP contribution in [0.4, 0.5) is 5.69 Å². The Morgan fingerprint density at radius 3 is 2.57 bits per heavy atom. The zero-order valence-corrected chi connectivity index (χ0v) is 16.0. The molecule has 3 aromatic rings. The molecule has 1 aromatic heterocycles. The number of hydrogen-bond donors (Lipinski definition) is 4. The van der Waals surface area contributed by atoms with Gasteiger partial charge in [-0.05, 0) is 44.2 Å². The van der Waals surface area contributed by atoms with Gasteiger partial charge in [0.2, 0.25) is 5.91 Å². The Labute approximate surface area is 163 Å². The van der Waals surface area contributed by atoms with Gasteiger partial charge in [0.1, 0.15) is 23.6 Å². The molecule has 3 rings (SSSR count). The number of aromatic hydroxyl groups is 1. The molecular formula is C21H24N4O3. The van der Waals surface area contributed by atoms with Crippen molar-refractivity contribution in [2.24, 2.45) is 4.99 Å². The number of anilines is 1. The molecule has 0 radical (unpaired) electrons. The Balaban J connectivity index is 1.61. The van der Waals surface area contributed by atoms with Crippen molar-refractivity contribution in [2.75, 3.05) is 18.4 Å². The fourth-order valence-electron chi connectivity index (χ4n) is 2.80. The minimum atomic E-state index is -0.247. The number of amides is 1. The number of phenols is 1. The third kappa shape index (κ3) is 4.82. The number of nitrogens with one attached hydrogen (secondary N) is 3. The molecule has 0 saturated carbocycles. The van der Waals surface area contributed by atoms with E-state index in [4.69, 9.17) is 4.42 Å². The molecule has 0 fully saturated rings. The predicted molar refractivity (Wildman–Crippen MR) is 111 cm³/mol. The van der Waals surface area contributed by atoms with Crippen molar-refractivity contribution in [3.05, 3.63) is 59.9 Å². The fraction of sp³-hybridized carbons (Fsp3) is 0.238. The lowest BCUT2D eigenvalue weighted by Crippen LogP contribution is -2.37.